The number of aromatic nitrogens is 2. The van der Waals surface area contributed by atoms with Crippen molar-refractivity contribution in [1.82, 2.24) is 9.97 Å². The number of nitrogens with zero attached hydrogens (tertiary/aromatic N) is 2. The van der Waals surface area contributed by atoms with Crippen LogP contribution in [0, 0.1) is 0 Å². The number of hydrogen-bond donors (Lipinski definition) is 2. The van der Waals surface area contributed by atoms with Gasteiger partial charge in [0.05, 0.1) is 25.5 Å². The van der Waals surface area contributed by atoms with Gasteiger partial charge in [0.15, 0.2) is 0 Å². The van der Waals surface area contributed by atoms with E-state index in [0.29, 0.717) is 35.2 Å². The first-order valence-electron chi connectivity index (χ1n) is 6.88. The Labute approximate surface area is 134 Å². The minimum Gasteiger partial charge on any atom is -0.497 e. The Balaban J connectivity index is 2.11. The third-order valence-corrected chi connectivity index (χ3v) is 2.98. The highest BCUT2D eigenvalue weighted by molar-refractivity contribution is 6.04. The normalized spacial score (nSPS) is 9.83. The van der Waals surface area contributed by atoms with Gasteiger partial charge in [-0.05, 0) is 12.1 Å². The lowest BCUT2D eigenvalue weighted by Gasteiger charge is -2.11. The second-order valence-electron chi connectivity index (χ2n) is 4.49. The fourth-order valence-electron chi connectivity index (χ4n) is 1.80. The van der Waals surface area contributed by atoms with Crippen molar-refractivity contribution in [3.8, 4) is 11.5 Å². The highest BCUT2D eigenvalue weighted by atomic mass is 16.5. The molecule has 7 nitrogen and oxygen atoms in total. The summed E-state index contributed by atoms with van der Waals surface area (Å²) in [7, 11) is 3.08. The van der Waals surface area contributed by atoms with Crippen LogP contribution in [0.25, 0.3) is 0 Å². The minimum absolute atomic E-state index is 0.330. The molecule has 23 heavy (non-hydrogen) atoms. The van der Waals surface area contributed by atoms with Crippen LogP contribution in [-0.4, -0.2) is 36.6 Å². The Morgan fingerprint density at radius 3 is 2.61 bits per heavy atom. The second kappa shape index (κ2) is 7.79. The summed E-state index contributed by atoms with van der Waals surface area (Å²) < 4.78 is 10.4. The first-order chi connectivity index (χ1) is 11.2. The molecule has 1 aromatic carbocycles. The molecule has 0 spiro atoms. The quantitative estimate of drug-likeness (QED) is 0.763. The fourth-order valence-corrected chi connectivity index (χ4v) is 1.80. The van der Waals surface area contributed by atoms with E-state index in [2.05, 4.69) is 27.2 Å². The summed E-state index contributed by atoms with van der Waals surface area (Å²) in [6.07, 6.45) is 4.59. The summed E-state index contributed by atoms with van der Waals surface area (Å²) in [6.45, 7) is 4.14. The van der Waals surface area contributed by atoms with Gasteiger partial charge in [-0.1, -0.05) is 6.08 Å². The molecule has 1 heterocycles. The maximum atomic E-state index is 12.2. The van der Waals surface area contributed by atoms with Gasteiger partial charge in [0.25, 0.3) is 5.91 Å². The minimum atomic E-state index is -0.330. The number of carbonyl (C=O) groups excluding carboxylic acids is 1. The van der Waals surface area contributed by atoms with Crippen LogP contribution in [0.3, 0.4) is 0 Å². The third kappa shape index (κ3) is 4.19. The highest BCUT2D eigenvalue weighted by Crippen LogP contribution is 2.29. The molecule has 0 saturated carbocycles. The van der Waals surface area contributed by atoms with Crippen LogP contribution in [-0.2, 0) is 0 Å². The van der Waals surface area contributed by atoms with Crippen LogP contribution in [0.1, 0.15) is 10.4 Å². The van der Waals surface area contributed by atoms with Gasteiger partial charge in [-0.25, -0.2) is 9.97 Å². The average molecular weight is 314 g/mol. The van der Waals surface area contributed by atoms with Crippen LogP contribution in [0.4, 0.5) is 11.6 Å². The average Bonchev–Trinajstić information content (AvgIpc) is 2.60. The van der Waals surface area contributed by atoms with Gasteiger partial charge in [-0.3, -0.25) is 4.79 Å². The van der Waals surface area contributed by atoms with Crippen molar-refractivity contribution in [3.05, 3.63) is 48.8 Å². The second-order valence-corrected chi connectivity index (χ2v) is 4.49. The van der Waals surface area contributed by atoms with Crippen LogP contribution < -0.4 is 20.1 Å². The molecule has 1 aromatic heterocycles. The van der Waals surface area contributed by atoms with Gasteiger partial charge in [-0.2, -0.15) is 0 Å². The van der Waals surface area contributed by atoms with E-state index in [1.165, 1.54) is 19.5 Å². The van der Waals surface area contributed by atoms with Gasteiger partial charge in [0.2, 0.25) is 5.95 Å². The number of rotatable bonds is 7. The highest BCUT2D eigenvalue weighted by Gasteiger charge is 2.11. The van der Waals surface area contributed by atoms with E-state index >= 15 is 0 Å². The van der Waals surface area contributed by atoms with Crippen molar-refractivity contribution in [2.45, 2.75) is 0 Å². The van der Waals surface area contributed by atoms with E-state index in [9.17, 15) is 4.79 Å². The van der Waals surface area contributed by atoms with E-state index in [1.807, 2.05) is 0 Å². The molecule has 0 bridgehead atoms. The number of hydrogen-bond acceptors (Lipinski definition) is 6. The molecule has 0 fully saturated rings. The molecule has 0 saturated heterocycles. The van der Waals surface area contributed by atoms with Crippen LogP contribution in [0.15, 0.2) is 43.2 Å². The SMILES string of the molecule is C=CCNc1ncc(C(=O)Nc2ccc(OC)cc2OC)cn1. The first kappa shape index (κ1) is 16.3. The summed E-state index contributed by atoms with van der Waals surface area (Å²) in [6, 6.07) is 5.13. The number of carbonyl (C=O) groups is 1. The van der Waals surface area contributed by atoms with E-state index in [-0.39, 0.29) is 5.91 Å². The maximum Gasteiger partial charge on any atom is 0.258 e. The summed E-state index contributed by atoms with van der Waals surface area (Å²) >= 11 is 0. The molecular weight excluding hydrogens is 296 g/mol. The monoisotopic (exact) mass is 314 g/mol. The fraction of sp³-hybridized carbons (Fsp3) is 0.188. The predicted molar refractivity (Wildman–Crippen MR) is 88.2 cm³/mol. The molecule has 1 amide bonds. The number of amides is 1. The topological polar surface area (TPSA) is 85.4 Å². The predicted octanol–water partition coefficient (Wildman–Crippen LogP) is 2.34. The van der Waals surface area contributed by atoms with Crippen molar-refractivity contribution in [1.29, 1.82) is 0 Å². The lowest BCUT2D eigenvalue weighted by atomic mass is 10.2. The van der Waals surface area contributed by atoms with Crippen molar-refractivity contribution in [2.75, 3.05) is 31.4 Å². The molecule has 0 aliphatic heterocycles. The summed E-state index contributed by atoms with van der Waals surface area (Å²) in [5, 5.41) is 5.69. The van der Waals surface area contributed by atoms with Crippen molar-refractivity contribution >= 4 is 17.5 Å². The Bertz CT molecular complexity index is 686. The molecule has 120 valence electrons. The maximum absolute atomic E-state index is 12.2. The zero-order valence-electron chi connectivity index (χ0n) is 13.0. The molecule has 2 aromatic rings. The Hall–Kier alpha value is -3.09. The largest absolute Gasteiger partial charge is 0.497 e. The van der Waals surface area contributed by atoms with Gasteiger partial charge < -0.3 is 20.1 Å². The number of methoxy groups -OCH3 is 2. The molecule has 7 heteroatoms. The smallest absolute Gasteiger partial charge is 0.258 e. The van der Waals surface area contributed by atoms with Crippen molar-refractivity contribution in [2.24, 2.45) is 0 Å². The van der Waals surface area contributed by atoms with E-state index in [4.69, 9.17) is 9.47 Å². The number of benzene rings is 1. The van der Waals surface area contributed by atoms with Gasteiger partial charge in [0, 0.05) is 25.0 Å². The molecule has 2 rings (SSSR count). The molecule has 2 N–H and O–H groups in total. The standard InChI is InChI=1S/C16H18N4O3/c1-4-7-17-16-18-9-11(10-19-16)15(21)20-13-6-5-12(22-2)8-14(13)23-3/h4-6,8-10H,1,7H2,2-3H3,(H,20,21)(H,17,18,19). The summed E-state index contributed by atoms with van der Waals surface area (Å²) in [5.41, 5.74) is 0.874. The molecule has 0 unspecified atom stereocenters. The van der Waals surface area contributed by atoms with Gasteiger partial charge in [-0.15, -0.1) is 6.58 Å². The van der Waals surface area contributed by atoms with E-state index in [0.717, 1.165) is 0 Å². The zero-order valence-corrected chi connectivity index (χ0v) is 13.0. The Morgan fingerprint density at radius 1 is 1.26 bits per heavy atom. The number of nitrogens with one attached hydrogen (secondary N) is 2. The van der Waals surface area contributed by atoms with E-state index < -0.39 is 0 Å². The third-order valence-electron chi connectivity index (χ3n) is 2.98. The Morgan fingerprint density at radius 2 is 2.00 bits per heavy atom. The molecular formula is C16H18N4O3. The van der Waals surface area contributed by atoms with Gasteiger partial charge in [0.1, 0.15) is 11.5 Å². The van der Waals surface area contributed by atoms with Gasteiger partial charge >= 0.3 is 0 Å². The molecule has 0 atom stereocenters. The van der Waals surface area contributed by atoms with Crippen LogP contribution >= 0.6 is 0 Å². The zero-order chi connectivity index (χ0) is 16.7. The van der Waals surface area contributed by atoms with Crippen molar-refractivity contribution < 1.29 is 14.3 Å². The Kier molecular flexibility index (Phi) is 5.51. The van der Waals surface area contributed by atoms with E-state index in [1.54, 1.807) is 31.4 Å². The summed E-state index contributed by atoms with van der Waals surface area (Å²) in [5.74, 6) is 1.25. The van der Waals surface area contributed by atoms with Crippen LogP contribution in [0.5, 0.6) is 11.5 Å². The first-order valence-corrected chi connectivity index (χ1v) is 6.88. The number of ether oxygens (including phenoxy) is 2. The molecule has 0 radical (unpaired) electrons. The lowest BCUT2D eigenvalue weighted by molar-refractivity contribution is 0.102. The van der Waals surface area contributed by atoms with Crippen molar-refractivity contribution in [3.63, 3.8) is 0 Å². The summed E-state index contributed by atoms with van der Waals surface area (Å²) in [4.78, 5) is 20.4. The van der Waals surface area contributed by atoms with Crippen LogP contribution in [0.2, 0.25) is 0 Å². The number of anilines is 2. The lowest BCUT2D eigenvalue weighted by Crippen LogP contribution is -2.14. The molecule has 0 aliphatic carbocycles. The molecule has 0 aliphatic rings.